The molecule has 1 aromatic carbocycles. The second-order valence-electron chi connectivity index (χ2n) is 4.93. The molecular weight excluding hydrogens is 242 g/mol. The third kappa shape index (κ3) is 3.96. The predicted molar refractivity (Wildman–Crippen MR) is 73.4 cm³/mol. The van der Waals surface area contributed by atoms with E-state index < -0.39 is 0 Å². The van der Waals surface area contributed by atoms with Gasteiger partial charge in [-0.2, -0.15) is 0 Å². The Bertz CT molecular complexity index is 439. The first-order valence-corrected chi connectivity index (χ1v) is 6.74. The molecule has 0 spiro atoms. The van der Waals surface area contributed by atoms with Crippen LogP contribution in [0.4, 0.5) is 0 Å². The lowest BCUT2D eigenvalue weighted by atomic mass is 10.1. The Balaban J connectivity index is 1.75. The third-order valence-electron chi connectivity index (χ3n) is 3.46. The van der Waals surface area contributed by atoms with Gasteiger partial charge >= 0.3 is 0 Å². The molecule has 0 unspecified atom stereocenters. The lowest BCUT2D eigenvalue weighted by Gasteiger charge is -2.13. The van der Waals surface area contributed by atoms with Gasteiger partial charge in [0.15, 0.2) is 6.61 Å². The van der Waals surface area contributed by atoms with Gasteiger partial charge < -0.3 is 14.8 Å². The zero-order chi connectivity index (χ0) is 13.7. The van der Waals surface area contributed by atoms with Gasteiger partial charge in [-0.1, -0.05) is 12.1 Å². The maximum absolute atomic E-state index is 11.7. The second kappa shape index (κ2) is 6.57. The molecule has 1 aliphatic heterocycles. The van der Waals surface area contributed by atoms with Crippen LogP contribution >= 0.6 is 0 Å². The number of rotatable bonds is 5. The van der Waals surface area contributed by atoms with Crippen molar-refractivity contribution in [2.24, 2.45) is 0 Å². The minimum absolute atomic E-state index is 0.0526. The standard InChI is InChI=1S/C15H21NO3/c1-11-5-3-7-14(12(11)2)19-10-15(17)16-9-13-6-4-8-18-13/h3,5,7,13H,4,6,8-10H2,1-2H3,(H,16,17)/t13-/m0/s1. The van der Waals surface area contributed by atoms with Crippen molar-refractivity contribution >= 4 is 5.91 Å². The molecular formula is C15H21NO3. The molecule has 4 heteroatoms. The molecule has 1 heterocycles. The van der Waals surface area contributed by atoms with Crippen LogP contribution < -0.4 is 10.1 Å². The summed E-state index contributed by atoms with van der Waals surface area (Å²) in [5.74, 6) is 0.670. The molecule has 1 aromatic rings. The van der Waals surface area contributed by atoms with Crippen molar-refractivity contribution in [1.82, 2.24) is 5.32 Å². The SMILES string of the molecule is Cc1cccc(OCC(=O)NC[C@@H]2CCCO2)c1C. The first kappa shape index (κ1) is 13.9. The van der Waals surface area contributed by atoms with Crippen molar-refractivity contribution in [3.63, 3.8) is 0 Å². The zero-order valence-corrected chi connectivity index (χ0v) is 11.6. The summed E-state index contributed by atoms with van der Waals surface area (Å²) < 4.78 is 11.0. The molecule has 1 fully saturated rings. The lowest BCUT2D eigenvalue weighted by molar-refractivity contribution is -0.123. The van der Waals surface area contributed by atoms with Gasteiger partial charge in [0.05, 0.1) is 6.10 Å². The monoisotopic (exact) mass is 263 g/mol. The molecule has 104 valence electrons. The fourth-order valence-corrected chi connectivity index (χ4v) is 2.11. The van der Waals surface area contributed by atoms with Crippen molar-refractivity contribution in [1.29, 1.82) is 0 Å². The molecule has 0 bridgehead atoms. The quantitative estimate of drug-likeness (QED) is 0.883. The number of hydrogen-bond donors (Lipinski definition) is 1. The molecule has 4 nitrogen and oxygen atoms in total. The average molecular weight is 263 g/mol. The molecule has 1 saturated heterocycles. The van der Waals surface area contributed by atoms with Crippen molar-refractivity contribution in [2.75, 3.05) is 19.8 Å². The minimum atomic E-state index is -0.101. The fraction of sp³-hybridized carbons (Fsp3) is 0.533. The molecule has 19 heavy (non-hydrogen) atoms. The van der Waals surface area contributed by atoms with Gasteiger partial charge in [0.25, 0.3) is 5.91 Å². The van der Waals surface area contributed by atoms with E-state index >= 15 is 0 Å². The smallest absolute Gasteiger partial charge is 0.258 e. The summed E-state index contributed by atoms with van der Waals surface area (Å²) in [5, 5.41) is 2.84. The topological polar surface area (TPSA) is 47.6 Å². The number of benzene rings is 1. The van der Waals surface area contributed by atoms with E-state index in [1.54, 1.807) is 0 Å². The number of nitrogens with one attached hydrogen (secondary N) is 1. The Kier molecular flexibility index (Phi) is 4.80. The minimum Gasteiger partial charge on any atom is -0.483 e. The first-order valence-electron chi connectivity index (χ1n) is 6.74. The van der Waals surface area contributed by atoms with E-state index in [1.165, 1.54) is 0 Å². The third-order valence-corrected chi connectivity index (χ3v) is 3.46. The van der Waals surface area contributed by atoms with Crippen LogP contribution in [0.2, 0.25) is 0 Å². The Labute approximate surface area is 114 Å². The number of aryl methyl sites for hydroxylation is 1. The molecule has 1 atom stereocenters. The van der Waals surface area contributed by atoms with E-state index in [1.807, 2.05) is 32.0 Å². The molecule has 2 rings (SSSR count). The summed E-state index contributed by atoms with van der Waals surface area (Å²) in [6.45, 7) is 5.46. The fourth-order valence-electron chi connectivity index (χ4n) is 2.11. The van der Waals surface area contributed by atoms with Crippen molar-refractivity contribution < 1.29 is 14.3 Å². The predicted octanol–water partition coefficient (Wildman–Crippen LogP) is 1.98. The van der Waals surface area contributed by atoms with E-state index in [-0.39, 0.29) is 18.6 Å². The van der Waals surface area contributed by atoms with E-state index in [9.17, 15) is 4.79 Å². The Morgan fingerprint density at radius 3 is 3.05 bits per heavy atom. The van der Waals surface area contributed by atoms with Crippen molar-refractivity contribution in [3.8, 4) is 5.75 Å². The summed E-state index contributed by atoms with van der Waals surface area (Å²) in [5.41, 5.74) is 2.24. The molecule has 0 radical (unpaired) electrons. The summed E-state index contributed by atoms with van der Waals surface area (Å²) in [6.07, 6.45) is 2.28. The van der Waals surface area contributed by atoms with E-state index in [0.29, 0.717) is 6.54 Å². The van der Waals surface area contributed by atoms with Crippen LogP contribution in [-0.4, -0.2) is 31.8 Å². The Hall–Kier alpha value is -1.55. The molecule has 0 aliphatic carbocycles. The van der Waals surface area contributed by atoms with E-state index in [4.69, 9.17) is 9.47 Å². The lowest BCUT2D eigenvalue weighted by Crippen LogP contribution is -2.35. The molecule has 0 saturated carbocycles. The highest BCUT2D eigenvalue weighted by molar-refractivity contribution is 5.77. The zero-order valence-electron chi connectivity index (χ0n) is 11.6. The number of carbonyl (C=O) groups is 1. The molecule has 0 aromatic heterocycles. The largest absolute Gasteiger partial charge is 0.483 e. The van der Waals surface area contributed by atoms with Gasteiger partial charge in [0.1, 0.15) is 5.75 Å². The highest BCUT2D eigenvalue weighted by Crippen LogP contribution is 2.20. The van der Waals surface area contributed by atoms with Gasteiger partial charge in [-0.15, -0.1) is 0 Å². The van der Waals surface area contributed by atoms with Crippen LogP contribution in [0.3, 0.4) is 0 Å². The number of ether oxygens (including phenoxy) is 2. The highest BCUT2D eigenvalue weighted by atomic mass is 16.5. The highest BCUT2D eigenvalue weighted by Gasteiger charge is 2.16. The van der Waals surface area contributed by atoms with Crippen LogP contribution in [0.5, 0.6) is 5.75 Å². The van der Waals surface area contributed by atoms with Crippen molar-refractivity contribution in [2.45, 2.75) is 32.8 Å². The Morgan fingerprint density at radius 2 is 2.32 bits per heavy atom. The van der Waals surface area contributed by atoms with Gasteiger partial charge in [0, 0.05) is 13.2 Å². The number of carbonyl (C=O) groups excluding carboxylic acids is 1. The van der Waals surface area contributed by atoms with Gasteiger partial charge in [-0.25, -0.2) is 0 Å². The normalized spacial score (nSPS) is 18.3. The van der Waals surface area contributed by atoms with Crippen LogP contribution in [-0.2, 0) is 9.53 Å². The van der Waals surface area contributed by atoms with Crippen LogP contribution in [0.25, 0.3) is 0 Å². The Morgan fingerprint density at radius 1 is 1.47 bits per heavy atom. The first-order chi connectivity index (χ1) is 9.16. The maximum Gasteiger partial charge on any atom is 0.258 e. The second-order valence-corrected chi connectivity index (χ2v) is 4.93. The summed E-state index contributed by atoms with van der Waals surface area (Å²) in [6, 6.07) is 5.84. The molecule has 1 aliphatic rings. The van der Waals surface area contributed by atoms with Crippen LogP contribution in [0.15, 0.2) is 18.2 Å². The van der Waals surface area contributed by atoms with Gasteiger partial charge in [-0.05, 0) is 43.9 Å². The maximum atomic E-state index is 11.7. The van der Waals surface area contributed by atoms with E-state index in [0.717, 1.165) is 36.3 Å². The van der Waals surface area contributed by atoms with E-state index in [2.05, 4.69) is 5.32 Å². The average Bonchev–Trinajstić information content (AvgIpc) is 2.91. The number of amides is 1. The van der Waals surface area contributed by atoms with Crippen LogP contribution in [0.1, 0.15) is 24.0 Å². The summed E-state index contributed by atoms with van der Waals surface area (Å²) >= 11 is 0. The van der Waals surface area contributed by atoms with Crippen molar-refractivity contribution in [3.05, 3.63) is 29.3 Å². The molecule has 1 amide bonds. The summed E-state index contributed by atoms with van der Waals surface area (Å²) in [7, 11) is 0. The molecule has 1 N–H and O–H groups in total. The van der Waals surface area contributed by atoms with Crippen LogP contribution in [0, 0.1) is 13.8 Å². The van der Waals surface area contributed by atoms with Gasteiger partial charge in [0.2, 0.25) is 0 Å². The summed E-state index contributed by atoms with van der Waals surface area (Å²) in [4.78, 5) is 11.7. The number of hydrogen-bond acceptors (Lipinski definition) is 3. The van der Waals surface area contributed by atoms with Gasteiger partial charge in [-0.3, -0.25) is 4.79 Å².